The highest BCUT2D eigenvalue weighted by Gasteiger charge is 2.10. The van der Waals surface area contributed by atoms with Crippen LogP contribution >= 0.6 is 24.2 Å². The molecule has 1 unspecified atom stereocenters. The molecule has 0 spiro atoms. The Morgan fingerprint density at radius 3 is 2.53 bits per heavy atom. The van der Waals surface area contributed by atoms with Gasteiger partial charge in [0.25, 0.3) is 0 Å². The molecule has 0 radical (unpaired) electrons. The minimum absolute atomic E-state index is 0. The molecule has 0 fully saturated rings. The van der Waals surface area contributed by atoms with Gasteiger partial charge in [-0.15, -0.1) is 24.2 Å². The molecule has 1 aromatic carbocycles. The molecular formula is C13H21ClN2O2S. The Labute approximate surface area is 124 Å². The van der Waals surface area contributed by atoms with Crippen molar-refractivity contribution in [2.24, 2.45) is 5.73 Å². The molecule has 0 saturated heterocycles. The third kappa shape index (κ3) is 6.82. The van der Waals surface area contributed by atoms with Crippen LogP contribution in [0.5, 0.6) is 0 Å². The van der Waals surface area contributed by atoms with Crippen molar-refractivity contribution in [3.8, 4) is 0 Å². The van der Waals surface area contributed by atoms with E-state index >= 15 is 0 Å². The van der Waals surface area contributed by atoms with E-state index in [4.69, 9.17) is 10.5 Å². The molecule has 0 aliphatic heterocycles. The van der Waals surface area contributed by atoms with Crippen LogP contribution in [-0.4, -0.2) is 31.9 Å². The first-order chi connectivity index (χ1) is 8.69. The molecule has 0 heterocycles. The van der Waals surface area contributed by atoms with Crippen LogP contribution in [0.3, 0.4) is 0 Å². The lowest BCUT2D eigenvalue weighted by Crippen LogP contribution is -2.31. The van der Waals surface area contributed by atoms with Crippen molar-refractivity contribution in [2.75, 3.05) is 19.9 Å². The zero-order valence-electron chi connectivity index (χ0n) is 11.2. The van der Waals surface area contributed by atoms with Gasteiger partial charge in [-0.05, 0) is 24.0 Å². The van der Waals surface area contributed by atoms with Gasteiger partial charge in [0.2, 0.25) is 5.91 Å². The summed E-state index contributed by atoms with van der Waals surface area (Å²) in [5.41, 5.74) is 6.55. The Morgan fingerprint density at radius 1 is 1.42 bits per heavy atom. The molecule has 0 aliphatic rings. The summed E-state index contributed by atoms with van der Waals surface area (Å²) in [6.45, 7) is 0.890. The largest absolute Gasteiger partial charge is 0.380 e. The second-order valence-electron chi connectivity index (χ2n) is 3.92. The summed E-state index contributed by atoms with van der Waals surface area (Å²) >= 11 is 1.70. The highest BCUT2D eigenvalue weighted by molar-refractivity contribution is 7.98. The van der Waals surface area contributed by atoms with E-state index in [9.17, 15) is 4.79 Å². The minimum atomic E-state index is -0.205. The second kappa shape index (κ2) is 10.1. The Bertz CT molecular complexity index is 369. The van der Waals surface area contributed by atoms with E-state index in [0.717, 1.165) is 5.56 Å². The molecule has 1 aromatic rings. The fourth-order valence-corrected chi connectivity index (χ4v) is 1.89. The fraction of sp³-hybridized carbons (Fsp3) is 0.462. The average Bonchev–Trinajstić information content (AvgIpc) is 2.43. The Balaban J connectivity index is 0.00000324. The van der Waals surface area contributed by atoms with Gasteiger partial charge in [-0.1, -0.05) is 12.1 Å². The van der Waals surface area contributed by atoms with Gasteiger partial charge in [0.15, 0.2) is 0 Å². The van der Waals surface area contributed by atoms with Crippen LogP contribution in [0.1, 0.15) is 12.0 Å². The Hall–Kier alpha value is -0.750. The predicted molar refractivity (Wildman–Crippen MR) is 81.8 cm³/mol. The summed E-state index contributed by atoms with van der Waals surface area (Å²) in [4.78, 5) is 12.8. The van der Waals surface area contributed by atoms with E-state index in [1.165, 1.54) is 4.90 Å². The average molecular weight is 305 g/mol. The first kappa shape index (κ1) is 18.2. The van der Waals surface area contributed by atoms with Crippen LogP contribution in [0.4, 0.5) is 0 Å². The van der Waals surface area contributed by atoms with Gasteiger partial charge in [0.05, 0.1) is 12.5 Å². The number of amides is 1. The molecule has 0 aliphatic carbocycles. The minimum Gasteiger partial charge on any atom is -0.380 e. The molecule has 1 atom stereocenters. The van der Waals surface area contributed by atoms with Crippen LogP contribution < -0.4 is 11.1 Å². The lowest BCUT2D eigenvalue weighted by Gasteiger charge is -2.12. The molecule has 3 N–H and O–H groups in total. The quantitative estimate of drug-likeness (QED) is 0.754. The highest BCUT2D eigenvalue weighted by Crippen LogP contribution is 2.14. The monoisotopic (exact) mass is 304 g/mol. The number of methoxy groups -OCH3 is 1. The maximum absolute atomic E-state index is 11.6. The smallest absolute Gasteiger partial charge is 0.222 e. The molecule has 108 valence electrons. The second-order valence-corrected chi connectivity index (χ2v) is 4.80. The van der Waals surface area contributed by atoms with Crippen LogP contribution in [0, 0.1) is 0 Å². The van der Waals surface area contributed by atoms with Crippen molar-refractivity contribution in [1.29, 1.82) is 0 Å². The molecular weight excluding hydrogens is 284 g/mol. The highest BCUT2D eigenvalue weighted by atomic mass is 35.5. The SMILES string of the molecule is COC(CN)CC(=O)NCc1ccc(SC)cc1.Cl. The van der Waals surface area contributed by atoms with Crippen LogP contribution in [0.15, 0.2) is 29.2 Å². The summed E-state index contributed by atoms with van der Waals surface area (Å²) in [5, 5.41) is 2.85. The van der Waals surface area contributed by atoms with Gasteiger partial charge in [-0.2, -0.15) is 0 Å². The molecule has 1 amide bonds. The van der Waals surface area contributed by atoms with Crippen molar-refractivity contribution < 1.29 is 9.53 Å². The van der Waals surface area contributed by atoms with E-state index in [1.54, 1.807) is 18.9 Å². The van der Waals surface area contributed by atoms with Crippen molar-refractivity contribution >= 4 is 30.1 Å². The zero-order chi connectivity index (χ0) is 13.4. The maximum atomic E-state index is 11.6. The summed E-state index contributed by atoms with van der Waals surface area (Å²) in [6.07, 6.45) is 2.13. The standard InChI is InChI=1S/C13H20N2O2S.ClH/c1-17-11(8-14)7-13(16)15-9-10-3-5-12(18-2)6-4-10;/h3-6,11H,7-9,14H2,1-2H3,(H,15,16);1H. The molecule has 0 aromatic heterocycles. The number of rotatable bonds is 7. The van der Waals surface area contributed by atoms with Gasteiger partial charge >= 0.3 is 0 Å². The third-order valence-corrected chi connectivity index (χ3v) is 3.40. The lowest BCUT2D eigenvalue weighted by molar-refractivity contribution is -0.123. The van der Waals surface area contributed by atoms with Gasteiger partial charge in [0, 0.05) is 25.1 Å². The third-order valence-electron chi connectivity index (χ3n) is 2.66. The van der Waals surface area contributed by atoms with Gasteiger partial charge in [-0.25, -0.2) is 0 Å². The number of carbonyl (C=O) groups is 1. The Morgan fingerprint density at radius 2 is 2.05 bits per heavy atom. The summed E-state index contributed by atoms with van der Waals surface area (Å²) in [7, 11) is 1.56. The Kier molecular flexibility index (Phi) is 9.69. The molecule has 1 rings (SSSR count). The number of carbonyl (C=O) groups excluding carboxylic acids is 1. The number of thioether (sulfide) groups is 1. The normalized spacial score (nSPS) is 11.5. The van der Waals surface area contributed by atoms with Gasteiger partial charge in [-0.3, -0.25) is 4.79 Å². The van der Waals surface area contributed by atoms with E-state index in [2.05, 4.69) is 5.32 Å². The number of nitrogens with one attached hydrogen (secondary N) is 1. The van der Waals surface area contributed by atoms with Crippen molar-refractivity contribution in [3.05, 3.63) is 29.8 Å². The van der Waals surface area contributed by atoms with Gasteiger partial charge in [0.1, 0.15) is 0 Å². The van der Waals surface area contributed by atoms with Crippen molar-refractivity contribution in [2.45, 2.75) is 24.0 Å². The number of nitrogens with two attached hydrogens (primary N) is 1. The zero-order valence-corrected chi connectivity index (χ0v) is 12.9. The molecule has 4 nitrogen and oxygen atoms in total. The van der Waals surface area contributed by atoms with E-state index in [1.807, 2.05) is 30.5 Å². The molecule has 0 bridgehead atoms. The number of hydrogen-bond acceptors (Lipinski definition) is 4. The number of hydrogen-bond donors (Lipinski definition) is 2. The number of benzene rings is 1. The van der Waals surface area contributed by atoms with E-state index in [0.29, 0.717) is 19.5 Å². The first-order valence-electron chi connectivity index (χ1n) is 5.82. The van der Waals surface area contributed by atoms with E-state index < -0.39 is 0 Å². The fourth-order valence-electron chi connectivity index (χ4n) is 1.49. The van der Waals surface area contributed by atoms with Crippen LogP contribution in [0.25, 0.3) is 0 Å². The summed E-state index contributed by atoms with van der Waals surface area (Å²) in [6, 6.07) is 8.12. The summed E-state index contributed by atoms with van der Waals surface area (Å²) in [5.74, 6) is -0.0405. The van der Waals surface area contributed by atoms with Crippen molar-refractivity contribution in [1.82, 2.24) is 5.32 Å². The molecule has 0 saturated carbocycles. The molecule has 19 heavy (non-hydrogen) atoms. The topological polar surface area (TPSA) is 64.3 Å². The lowest BCUT2D eigenvalue weighted by atomic mass is 10.2. The van der Waals surface area contributed by atoms with Crippen LogP contribution in [0.2, 0.25) is 0 Å². The maximum Gasteiger partial charge on any atom is 0.222 e. The molecule has 6 heteroatoms. The first-order valence-corrected chi connectivity index (χ1v) is 7.04. The van der Waals surface area contributed by atoms with Gasteiger partial charge < -0.3 is 15.8 Å². The van der Waals surface area contributed by atoms with Crippen LogP contribution in [-0.2, 0) is 16.1 Å². The summed E-state index contributed by atoms with van der Waals surface area (Å²) < 4.78 is 5.06. The van der Waals surface area contributed by atoms with E-state index in [-0.39, 0.29) is 24.4 Å². The van der Waals surface area contributed by atoms with Crippen molar-refractivity contribution in [3.63, 3.8) is 0 Å². The number of halogens is 1. The predicted octanol–water partition coefficient (Wildman–Crippen LogP) is 1.81. The number of ether oxygens (including phenoxy) is 1.